The maximum atomic E-state index is 10.9. The number of nitrogens with zero attached hydrogens (tertiary/aromatic N) is 1. The second-order valence-corrected chi connectivity index (χ2v) is 3.72. The number of carbonyl (C=O) groups is 2. The molecule has 1 heterocycles. The number of carboxylic acids is 2. The first-order valence-electron chi connectivity index (χ1n) is 4.48. The number of aryl methyl sites for hydroxylation is 1. The normalized spacial score (nSPS) is 12.1. The molecule has 0 spiro atoms. The van der Waals surface area contributed by atoms with Gasteiger partial charge in [-0.15, -0.1) is 0 Å². The van der Waals surface area contributed by atoms with Crippen LogP contribution in [-0.2, 0) is 9.59 Å². The molecule has 1 aromatic rings. The fourth-order valence-electron chi connectivity index (χ4n) is 1.29. The minimum absolute atomic E-state index is 0.281. The summed E-state index contributed by atoms with van der Waals surface area (Å²) in [4.78, 5) is 25.2. The van der Waals surface area contributed by atoms with E-state index in [4.69, 9.17) is 21.8 Å². The topological polar surface area (TPSA) is 87.5 Å². The van der Waals surface area contributed by atoms with Gasteiger partial charge in [0.15, 0.2) is 0 Å². The zero-order valence-electron chi connectivity index (χ0n) is 8.48. The molecule has 0 fully saturated rings. The predicted octanol–water partition coefficient (Wildman–Crippen LogP) is 1.69. The monoisotopic (exact) mass is 243 g/mol. The quantitative estimate of drug-likeness (QED) is 0.786. The van der Waals surface area contributed by atoms with E-state index in [1.54, 1.807) is 6.92 Å². The second-order valence-electron chi connectivity index (χ2n) is 3.37. The maximum absolute atomic E-state index is 10.9. The SMILES string of the molecule is Cc1cc(C(CC(=O)O)C(=O)O)cnc1Cl. The highest BCUT2D eigenvalue weighted by molar-refractivity contribution is 6.30. The van der Waals surface area contributed by atoms with Crippen LogP contribution >= 0.6 is 11.6 Å². The van der Waals surface area contributed by atoms with Gasteiger partial charge in [0.1, 0.15) is 5.15 Å². The third-order valence-corrected chi connectivity index (χ3v) is 2.51. The summed E-state index contributed by atoms with van der Waals surface area (Å²) in [5, 5.41) is 17.8. The number of halogens is 1. The number of aliphatic carboxylic acids is 2. The molecule has 1 unspecified atom stereocenters. The lowest BCUT2D eigenvalue weighted by Gasteiger charge is -2.10. The van der Waals surface area contributed by atoms with Gasteiger partial charge in [0.2, 0.25) is 0 Å². The molecule has 0 aromatic carbocycles. The van der Waals surface area contributed by atoms with E-state index in [1.165, 1.54) is 12.3 Å². The minimum Gasteiger partial charge on any atom is -0.481 e. The number of hydrogen-bond donors (Lipinski definition) is 2. The summed E-state index contributed by atoms with van der Waals surface area (Å²) in [5.74, 6) is -3.45. The van der Waals surface area contributed by atoms with Gasteiger partial charge in [-0.25, -0.2) is 4.98 Å². The van der Waals surface area contributed by atoms with E-state index in [-0.39, 0.29) is 5.15 Å². The molecule has 6 heteroatoms. The first-order valence-corrected chi connectivity index (χ1v) is 4.86. The third-order valence-electron chi connectivity index (χ3n) is 2.11. The molecule has 0 saturated heterocycles. The van der Waals surface area contributed by atoms with Crippen LogP contribution in [0.3, 0.4) is 0 Å². The molecule has 0 saturated carbocycles. The van der Waals surface area contributed by atoms with Crippen molar-refractivity contribution in [2.75, 3.05) is 0 Å². The lowest BCUT2D eigenvalue weighted by atomic mass is 9.96. The molecule has 0 bridgehead atoms. The number of carboxylic acid groups (broad SMARTS) is 2. The van der Waals surface area contributed by atoms with E-state index in [0.717, 1.165) is 0 Å². The van der Waals surface area contributed by atoms with Gasteiger partial charge in [-0.1, -0.05) is 17.7 Å². The molecule has 0 aliphatic rings. The average molecular weight is 244 g/mol. The van der Waals surface area contributed by atoms with Gasteiger partial charge in [0, 0.05) is 6.20 Å². The molecule has 1 rings (SSSR count). The van der Waals surface area contributed by atoms with E-state index < -0.39 is 24.3 Å². The van der Waals surface area contributed by atoms with Gasteiger partial charge in [0.05, 0.1) is 12.3 Å². The van der Waals surface area contributed by atoms with Crippen LogP contribution in [0.4, 0.5) is 0 Å². The van der Waals surface area contributed by atoms with Crippen molar-refractivity contribution in [1.82, 2.24) is 4.98 Å². The Morgan fingerprint density at radius 1 is 1.50 bits per heavy atom. The van der Waals surface area contributed by atoms with Crippen LogP contribution in [-0.4, -0.2) is 27.1 Å². The van der Waals surface area contributed by atoms with Crippen LogP contribution in [0.1, 0.15) is 23.5 Å². The minimum atomic E-state index is -1.19. The number of aromatic nitrogens is 1. The molecule has 0 radical (unpaired) electrons. The van der Waals surface area contributed by atoms with E-state index in [2.05, 4.69) is 4.98 Å². The maximum Gasteiger partial charge on any atom is 0.311 e. The summed E-state index contributed by atoms with van der Waals surface area (Å²) >= 11 is 5.70. The van der Waals surface area contributed by atoms with Crippen molar-refractivity contribution >= 4 is 23.5 Å². The van der Waals surface area contributed by atoms with Gasteiger partial charge in [-0.3, -0.25) is 9.59 Å². The van der Waals surface area contributed by atoms with Crippen molar-refractivity contribution in [3.8, 4) is 0 Å². The molecular formula is C10H10ClNO4. The molecule has 0 amide bonds. The number of pyridine rings is 1. The van der Waals surface area contributed by atoms with Crippen molar-refractivity contribution in [3.05, 3.63) is 28.5 Å². The summed E-state index contributed by atoms with van der Waals surface area (Å²) in [5.41, 5.74) is 0.965. The second kappa shape index (κ2) is 4.94. The highest BCUT2D eigenvalue weighted by Gasteiger charge is 2.23. The molecule has 16 heavy (non-hydrogen) atoms. The summed E-state index contributed by atoms with van der Waals surface area (Å²) in [6, 6.07) is 1.54. The van der Waals surface area contributed by atoms with E-state index >= 15 is 0 Å². The van der Waals surface area contributed by atoms with Crippen LogP contribution in [0.2, 0.25) is 5.15 Å². The summed E-state index contributed by atoms with van der Waals surface area (Å²) in [6.45, 7) is 1.68. The smallest absolute Gasteiger partial charge is 0.311 e. The molecular weight excluding hydrogens is 234 g/mol. The largest absolute Gasteiger partial charge is 0.481 e. The fourth-order valence-corrected chi connectivity index (χ4v) is 1.40. The molecule has 5 nitrogen and oxygen atoms in total. The van der Waals surface area contributed by atoms with Crippen molar-refractivity contribution in [2.24, 2.45) is 0 Å². The average Bonchev–Trinajstić information content (AvgIpc) is 2.18. The molecule has 1 aromatic heterocycles. The Morgan fingerprint density at radius 3 is 2.56 bits per heavy atom. The Morgan fingerprint density at radius 2 is 2.12 bits per heavy atom. The van der Waals surface area contributed by atoms with Crippen LogP contribution in [0.15, 0.2) is 12.3 Å². The standard InChI is InChI=1S/C10H10ClNO4/c1-5-2-6(4-12-9(5)11)7(10(15)16)3-8(13)14/h2,4,7H,3H2,1H3,(H,13,14)(H,15,16). The highest BCUT2D eigenvalue weighted by atomic mass is 35.5. The van der Waals surface area contributed by atoms with Crippen molar-refractivity contribution in [1.29, 1.82) is 0 Å². The molecule has 86 valence electrons. The van der Waals surface area contributed by atoms with Crippen LogP contribution in [0, 0.1) is 6.92 Å². The van der Waals surface area contributed by atoms with E-state index in [9.17, 15) is 9.59 Å². The van der Waals surface area contributed by atoms with Gasteiger partial charge in [-0.05, 0) is 18.1 Å². The first-order chi connectivity index (χ1) is 7.41. The van der Waals surface area contributed by atoms with E-state index in [0.29, 0.717) is 11.1 Å². The summed E-state index contributed by atoms with van der Waals surface area (Å²) in [7, 11) is 0. The Bertz CT molecular complexity index is 433. The lowest BCUT2D eigenvalue weighted by Crippen LogP contribution is -2.16. The van der Waals surface area contributed by atoms with Gasteiger partial charge < -0.3 is 10.2 Å². The predicted molar refractivity (Wildman–Crippen MR) is 56.6 cm³/mol. The van der Waals surface area contributed by atoms with Crippen LogP contribution in [0.5, 0.6) is 0 Å². The molecule has 1 atom stereocenters. The number of rotatable bonds is 4. The van der Waals surface area contributed by atoms with Gasteiger partial charge >= 0.3 is 11.9 Å². The summed E-state index contributed by atoms with van der Waals surface area (Å²) < 4.78 is 0. The van der Waals surface area contributed by atoms with Gasteiger partial charge in [-0.2, -0.15) is 0 Å². The van der Waals surface area contributed by atoms with Gasteiger partial charge in [0.25, 0.3) is 0 Å². The van der Waals surface area contributed by atoms with Crippen molar-refractivity contribution in [2.45, 2.75) is 19.3 Å². The Balaban J connectivity index is 3.06. The summed E-state index contributed by atoms with van der Waals surface area (Å²) in [6.07, 6.45) is 0.815. The van der Waals surface area contributed by atoms with Crippen LogP contribution in [0.25, 0.3) is 0 Å². The number of hydrogen-bond acceptors (Lipinski definition) is 3. The third kappa shape index (κ3) is 2.93. The highest BCUT2D eigenvalue weighted by Crippen LogP contribution is 2.22. The Kier molecular flexibility index (Phi) is 3.84. The zero-order chi connectivity index (χ0) is 12.3. The fraction of sp³-hybridized carbons (Fsp3) is 0.300. The zero-order valence-corrected chi connectivity index (χ0v) is 9.23. The van der Waals surface area contributed by atoms with Crippen LogP contribution < -0.4 is 0 Å². The molecule has 0 aliphatic carbocycles. The molecule has 2 N–H and O–H groups in total. The van der Waals surface area contributed by atoms with Crippen molar-refractivity contribution < 1.29 is 19.8 Å². The lowest BCUT2D eigenvalue weighted by molar-refractivity contribution is -0.145. The van der Waals surface area contributed by atoms with E-state index in [1.807, 2.05) is 0 Å². The first kappa shape index (κ1) is 12.4. The molecule has 0 aliphatic heterocycles. The Labute approximate surface area is 96.7 Å². The van der Waals surface area contributed by atoms with Crippen molar-refractivity contribution in [3.63, 3.8) is 0 Å². The Hall–Kier alpha value is -1.62.